The molecule has 2 aromatic carbocycles. The third-order valence-electron chi connectivity index (χ3n) is 3.45. The highest BCUT2D eigenvalue weighted by molar-refractivity contribution is 5.96. The highest BCUT2D eigenvalue weighted by Crippen LogP contribution is 2.14. The summed E-state index contributed by atoms with van der Waals surface area (Å²) in [5, 5.41) is 10.6. The Balaban J connectivity index is 1.64. The molecule has 0 N–H and O–H groups in total. The van der Waals surface area contributed by atoms with E-state index >= 15 is 0 Å². The molecule has 0 aliphatic rings. The summed E-state index contributed by atoms with van der Waals surface area (Å²) >= 11 is 0. The van der Waals surface area contributed by atoms with Gasteiger partial charge in [0.25, 0.3) is 5.69 Å². The predicted molar refractivity (Wildman–Crippen MR) is 87.4 cm³/mol. The van der Waals surface area contributed by atoms with E-state index in [2.05, 4.69) is 0 Å². The molecule has 0 saturated carbocycles. The van der Waals surface area contributed by atoms with Gasteiger partial charge in [-0.1, -0.05) is 30.3 Å². The van der Waals surface area contributed by atoms with Crippen LogP contribution >= 0.6 is 0 Å². The van der Waals surface area contributed by atoms with Gasteiger partial charge in [-0.15, -0.1) is 0 Å². The lowest BCUT2D eigenvalue weighted by molar-refractivity contribution is -0.384. The molecule has 0 radical (unpaired) electrons. The monoisotopic (exact) mass is 313 g/mol. The molecule has 120 valence electrons. The average Bonchev–Trinajstić information content (AvgIpc) is 2.58. The number of hydrogen-bond donors (Lipinski definition) is 0. The van der Waals surface area contributed by atoms with Gasteiger partial charge in [-0.05, 0) is 30.5 Å². The highest BCUT2D eigenvalue weighted by atomic mass is 16.6. The minimum Gasteiger partial charge on any atom is -0.377 e. The van der Waals surface area contributed by atoms with Crippen LogP contribution in [0.4, 0.5) is 5.69 Å². The summed E-state index contributed by atoms with van der Waals surface area (Å²) in [4.78, 5) is 22.1. The topological polar surface area (TPSA) is 69.4 Å². The molecule has 0 amide bonds. The smallest absolute Gasteiger partial charge is 0.269 e. The second-order valence-corrected chi connectivity index (χ2v) is 5.22. The fourth-order valence-electron chi connectivity index (χ4n) is 2.17. The molecule has 23 heavy (non-hydrogen) atoms. The Morgan fingerprint density at radius 2 is 1.70 bits per heavy atom. The predicted octanol–water partition coefficient (Wildman–Crippen LogP) is 4.16. The van der Waals surface area contributed by atoms with Crippen molar-refractivity contribution in [2.75, 3.05) is 6.61 Å². The lowest BCUT2D eigenvalue weighted by atomic mass is 10.1. The largest absolute Gasteiger partial charge is 0.377 e. The quantitative estimate of drug-likeness (QED) is 0.301. The van der Waals surface area contributed by atoms with Crippen molar-refractivity contribution < 1.29 is 14.5 Å². The molecule has 0 atom stereocenters. The van der Waals surface area contributed by atoms with E-state index in [1.807, 2.05) is 30.3 Å². The third kappa shape index (κ3) is 5.64. The molecular formula is C18H19NO4. The second-order valence-electron chi connectivity index (χ2n) is 5.22. The molecule has 0 bridgehead atoms. The maximum Gasteiger partial charge on any atom is 0.269 e. The van der Waals surface area contributed by atoms with Gasteiger partial charge in [0.15, 0.2) is 5.78 Å². The maximum atomic E-state index is 12.0. The zero-order valence-corrected chi connectivity index (χ0v) is 12.8. The van der Waals surface area contributed by atoms with Crippen LogP contribution in [0.25, 0.3) is 0 Å². The normalized spacial score (nSPS) is 10.4. The van der Waals surface area contributed by atoms with Crippen molar-refractivity contribution in [1.29, 1.82) is 0 Å². The van der Waals surface area contributed by atoms with Crippen molar-refractivity contribution in [2.45, 2.75) is 25.9 Å². The summed E-state index contributed by atoms with van der Waals surface area (Å²) in [5.41, 5.74) is 1.64. The molecule has 0 saturated heterocycles. The molecule has 5 nitrogen and oxygen atoms in total. The number of carbonyl (C=O) groups is 1. The Labute approximate surface area is 135 Å². The van der Waals surface area contributed by atoms with Crippen LogP contribution in [0, 0.1) is 10.1 Å². The van der Waals surface area contributed by atoms with Crippen molar-refractivity contribution in [3.63, 3.8) is 0 Å². The van der Waals surface area contributed by atoms with Crippen molar-refractivity contribution >= 4 is 11.5 Å². The molecular weight excluding hydrogens is 294 g/mol. The summed E-state index contributed by atoms with van der Waals surface area (Å²) in [6, 6.07) is 15.7. The number of hydrogen-bond acceptors (Lipinski definition) is 4. The molecule has 2 rings (SSSR count). The van der Waals surface area contributed by atoms with E-state index in [1.165, 1.54) is 24.3 Å². The van der Waals surface area contributed by atoms with E-state index in [0.29, 0.717) is 25.2 Å². The van der Waals surface area contributed by atoms with Gasteiger partial charge in [0.05, 0.1) is 11.5 Å². The van der Waals surface area contributed by atoms with Gasteiger partial charge in [0.2, 0.25) is 0 Å². The van der Waals surface area contributed by atoms with Crippen LogP contribution in [0.15, 0.2) is 54.6 Å². The molecule has 0 aliphatic carbocycles. The van der Waals surface area contributed by atoms with Gasteiger partial charge in [0, 0.05) is 30.7 Å². The van der Waals surface area contributed by atoms with Gasteiger partial charge < -0.3 is 4.74 Å². The number of unbranched alkanes of at least 4 members (excludes halogenated alkanes) is 1. The molecule has 0 unspecified atom stereocenters. The van der Waals surface area contributed by atoms with Crippen LogP contribution in [-0.4, -0.2) is 17.3 Å². The Morgan fingerprint density at radius 3 is 2.35 bits per heavy atom. The summed E-state index contributed by atoms with van der Waals surface area (Å²) in [5.74, 6) is 0.00274. The minimum atomic E-state index is -0.474. The minimum absolute atomic E-state index is 0.00274. The van der Waals surface area contributed by atoms with Crippen LogP contribution in [0.1, 0.15) is 35.2 Å². The fraction of sp³-hybridized carbons (Fsp3) is 0.278. The first-order valence-corrected chi connectivity index (χ1v) is 7.56. The Bertz CT molecular complexity index is 638. The second kappa shape index (κ2) is 8.80. The number of ether oxygens (including phenoxy) is 1. The highest BCUT2D eigenvalue weighted by Gasteiger charge is 2.09. The number of Topliss-reactive ketones (excluding diaryl/α,β-unsaturated/α-hetero) is 1. The van der Waals surface area contributed by atoms with Gasteiger partial charge in [-0.25, -0.2) is 0 Å². The van der Waals surface area contributed by atoms with Crippen molar-refractivity contribution in [1.82, 2.24) is 0 Å². The van der Waals surface area contributed by atoms with E-state index in [9.17, 15) is 14.9 Å². The van der Waals surface area contributed by atoms with Gasteiger partial charge >= 0.3 is 0 Å². The van der Waals surface area contributed by atoms with E-state index in [4.69, 9.17) is 4.74 Å². The molecule has 0 heterocycles. The van der Waals surface area contributed by atoms with Crippen LogP contribution in [0.5, 0.6) is 0 Å². The number of nitrogens with zero attached hydrogens (tertiary/aromatic N) is 1. The molecule has 5 heteroatoms. The standard InChI is InChI=1S/C18H19NO4/c20-18(16-9-11-17(12-10-16)19(21)22)8-4-5-13-23-14-15-6-2-1-3-7-15/h1-3,6-7,9-12H,4-5,8,13-14H2. The summed E-state index contributed by atoms with van der Waals surface area (Å²) in [6.07, 6.45) is 1.97. The van der Waals surface area contributed by atoms with Crippen LogP contribution < -0.4 is 0 Å². The molecule has 0 spiro atoms. The lowest BCUT2D eigenvalue weighted by Crippen LogP contribution is -2.01. The van der Waals surface area contributed by atoms with E-state index in [0.717, 1.165) is 18.4 Å². The zero-order chi connectivity index (χ0) is 16.5. The van der Waals surface area contributed by atoms with Crippen molar-refractivity contribution in [3.05, 3.63) is 75.8 Å². The first-order valence-electron chi connectivity index (χ1n) is 7.56. The van der Waals surface area contributed by atoms with Gasteiger partial charge in [-0.2, -0.15) is 0 Å². The number of rotatable bonds is 9. The molecule has 0 aromatic heterocycles. The molecule has 0 fully saturated rings. The van der Waals surface area contributed by atoms with Crippen LogP contribution in [0.2, 0.25) is 0 Å². The number of ketones is 1. The average molecular weight is 313 g/mol. The molecule has 0 aliphatic heterocycles. The van der Waals surface area contributed by atoms with Crippen molar-refractivity contribution in [3.8, 4) is 0 Å². The van der Waals surface area contributed by atoms with Crippen molar-refractivity contribution in [2.24, 2.45) is 0 Å². The number of benzene rings is 2. The fourth-order valence-corrected chi connectivity index (χ4v) is 2.17. The van der Waals surface area contributed by atoms with E-state index < -0.39 is 4.92 Å². The van der Waals surface area contributed by atoms with Crippen LogP contribution in [0.3, 0.4) is 0 Å². The SMILES string of the molecule is O=C(CCCCOCc1ccccc1)c1ccc([N+](=O)[O-])cc1. The number of non-ortho nitro benzene ring substituents is 1. The van der Waals surface area contributed by atoms with E-state index in [1.54, 1.807) is 0 Å². The first-order chi connectivity index (χ1) is 11.2. The lowest BCUT2D eigenvalue weighted by Gasteiger charge is -2.04. The number of nitro groups is 1. The Morgan fingerprint density at radius 1 is 1.00 bits per heavy atom. The van der Waals surface area contributed by atoms with Gasteiger partial charge in [-0.3, -0.25) is 14.9 Å². The Hall–Kier alpha value is -2.53. The summed E-state index contributed by atoms with van der Waals surface area (Å²) < 4.78 is 5.56. The van der Waals surface area contributed by atoms with E-state index in [-0.39, 0.29) is 11.5 Å². The number of carbonyl (C=O) groups excluding carboxylic acids is 1. The Kier molecular flexibility index (Phi) is 6.44. The zero-order valence-electron chi connectivity index (χ0n) is 12.8. The number of nitro benzene ring substituents is 1. The maximum absolute atomic E-state index is 12.0. The summed E-state index contributed by atoms with van der Waals surface area (Å²) in [7, 11) is 0. The summed E-state index contributed by atoms with van der Waals surface area (Å²) in [6.45, 7) is 1.19. The first kappa shape index (κ1) is 16.8. The van der Waals surface area contributed by atoms with Gasteiger partial charge in [0.1, 0.15) is 0 Å². The molecule has 2 aromatic rings. The third-order valence-corrected chi connectivity index (χ3v) is 3.45. The van der Waals surface area contributed by atoms with Crippen LogP contribution in [-0.2, 0) is 11.3 Å².